The monoisotopic (exact) mass is 229 g/mol. The molecule has 0 saturated carbocycles. The van der Waals surface area contributed by atoms with E-state index >= 15 is 0 Å². The molecule has 88 valence electrons. The van der Waals surface area contributed by atoms with Crippen LogP contribution in [0.15, 0.2) is 11.8 Å². The van der Waals surface area contributed by atoms with E-state index in [0.717, 1.165) is 6.42 Å². The summed E-state index contributed by atoms with van der Waals surface area (Å²) in [5, 5.41) is 2.67. The van der Waals surface area contributed by atoms with Crippen LogP contribution < -0.4 is 0 Å². The molecule has 0 radical (unpaired) electrons. The Morgan fingerprint density at radius 3 is 2.20 bits per heavy atom. The smallest absolute Gasteiger partial charge is 0.243 e. The molecule has 3 nitrogen and oxygen atoms in total. The molecular formula is C11H23NO2Si. The highest BCUT2D eigenvalue weighted by molar-refractivity contribution is 6.82. The van der Waals surface area contributed by atoms with Crippen LogP contribution in [0.25, 0.3) is 0 Å². The zero-order chi connectivity index (χ0) is 12.2. The third-order valence-electron chi connectivity index (χ3n) is 2.51. The summed E-state index contributed by atoms with van der Waals surface area (Å²) in [4.78, 5) is 16.3. The van der Waals surface area contributed by atoms with Crippen LogP contribution in [0.4, 0.5) is 0 Å². The van der Waals surface area contributed by atoms with Crippen molar-refractivity contribution in [2.24, 2.45) is 0 Å². The van der Waals surface area contributed by atoms with E-state index in [0.29, 0.717) is 0 Å². The fourth-order valence-corrected chi connectivity index (χ4v) is 2.27. The fourth-order valence-electron chi connectivity index (χ4n) is 1.36. The maximum absolute atomic E-state index is 11.2. The highest BCUT2D eigenvalue weighted by Gasteiger charge is 2.23. The first-order valence-electron chi connectivity index (χ1n) is 5.22. The minimum Gasteiger partial charge on any atom is -0.274 e. The van der Waals surface area contributed by atoms with Crippen LogP contribution in [0, 0.1) is 0 Å². The third-order valence-corrected chi connectivity index (χ3v) is 4.84. The summed E-state index contributed by atoms with van der Waals surface area (Å²) in [6, 6.07) is 0.0618. The average Bonchev–Trinajstić information content (AvgIpc) is 2.02. The van der Waals surface area contributed by atoms with E-state index in [1.807, 2.05) is 6.92 Å². The van der Waals surface area contributed by atoms with Gasteiger partial charge in [0.15, 0.2) is 0 Å². The van der Waals surface area contributed by atoms with E-state index < -0.39 is 8.07 Å². The van der Waals surface area contributed by atoms with Crippen molar-refractivity contribution >= 4 is 14.0 Å². The highest BCUT2D eigenvalue weighted by Crippen LogP contribution is 2.20. The number of nitrogens with zero attached hydrogens (tertiary/aromatic N) is 1. The summed E-state index contributed by atoms with van der Waals surface area (Å²) in [6.45, 7) is 14.4. The molecule has 0 aromatic rings. The molecule has 4 heteroatoms. The Bertz CT molecular complexity index is 245. The molecule has 0 aliphatic carbocycles. The van der Waals surface area contributed by atoms with Crippen LogP contribution in [0.2, 0.25) is 19.6 Å². The molecule has 0 N–H and O–H groups in total. The molecular weight excluding hydrogens is 206 g/mol. The molecule has 0 bridgehead atoms. The van der Waals surface area contributed by atoms with Crippen LogP contribution in [0.5, 0.6) is 0 Å². The van der Waals surface area contributed by atoms with Gasteiger partial charge in [-0.2, -0.15) is 0 Å². The second kappa shape index (κ2) is 5.46. The van der Waals surface area contributed by atoms with Crippen molar-refractivity contribution in [1.82, 2.24) is 5.06 Å². The Balaban J connectivity index is 4.42. The van der Waals surface area contributed by atoms with Crippen molar-refractivity contribution < 1.29 is 9.63 Å². The zero-order valence-corrected chi connectivity index (χ0v) is 11.8. The number of rotatable bonds is 5. The lowest BCUT2D eigenvalue weighted by Gasteiger charge is -2.29. The Morgan fingerprint density at radius 2 is 1.93 bits per heavy atom. The van der Waals surface area contributed by atoms with Crippen molar-refractivity contribution in [1.29, 1.82) is 0 Å². The van der Waals surface area contributed by atoms with Gasteiger partial charge in [-0.15, -0.1) is 6.58 Å². The van der Waals surface area contributed by atoms with Gasteiger partial charge >= 0.3 is 0 Å². The van der Waals surface area contributed by atoms with E-state index in [-0.39, 0.29) is 11.9 Å². The molecule has 0 aromatic carbocycles. The predicted molar refractivity (Wildman–Crippen MR) is 66.1 cm³/mol. The normalized spacial score (nSPS) is 13.5. The van der Waals surface area contributed by atoms with Gasteiger partial charge in [0.05, 0.1) is 21.2 Å². The molecule has 0 spiro atoms. The van der Waals surface area contributed by atoms with Crippen LogP contribution >= 0.6 is 0 Å². The standard InChI is InChI=1S/C11H23NO2Si/c1-9(12(14-4)11(3)13)8-10(2)15(5,6)7/h9H,2,8H2,1,3-7H3. The molecule has 0 aliphatic heterocycles. The second-order valence-electron chi connectivity index (χ2n) is 4.93. The topological polar surface area (TPSA) is 29.5 Å². The Kier molecular flexibility index (Phi) is 5.24. The molecule has 0 fully saturated rings. The number of hydroxylamine groups is 2. The second-order valence-corrected chi connectivity index (χ2v) is 10.1. The minimum atomic E-state index is -1.30. The molecule has 1 amide bonds. The number of carbonyl (C=O) groups excluding carboxylic acids is 1. The van der Waals surface area contributed by atoms with E-state index in [1.165, 1.54) is 24.3 Å². The van der Waals surface area contributed by atoms with Gasteiger partial charge in [0.25, 0.3) is 0 Å². The molecule has 1 unspecified atom stereocenters. The van der Waals surface area contributed by atoms with Gasteiger partial charge in [-0.3, -0.25) is 9.63 Å². The van der Waals surface area contributed by atoms with Gasteiger partial charge in [-0.05, 0) is 13.3 Å². The van der Waals surface area contributed by atoms with E-state index in [9.17, 15) is 4.79 Å². The maximum Gasteiger partial charge on any atom is 0.243 e. The SMILES string of the molecule is C=C(CC(C)N(OC)C(C)=O)[Si](C)(C)C. The van der Waals surface area contributed by atoms with Crippen LogP contribution in [-0.4, -0.2) is 32.2 Å². The molecule has 15 heavy (non-hydrogen) atoms. The van der Waals surface area contributed by atoms with Gasteiger partial charge in [0.2, 0.25) is 5.91 Å². The lowest BCUT2D eigenvalue weighted by atomic mass is 10.2. The minimum absolute atomic E-state index is 0.0617. The van der Waals surface area contributed by atoms with E-state index in [4.69, 9.17) is 4.84 Å². The Morgan fingerprint density at radius 1 is 1.47 bits per heavy atom. The largest absolute Gasteiger partial charge is 0.274 e. The lowest BCUT2D eigenvalue weighted by Crippen LogP contribution is -2.38. The first-order chi connectivity index (χ1) is 6.70. The van der Waals surface area contributed by atoms with Crippen molar-refractivity contribution in [3.63, 3.8) is 0 Å². The molecule has 0 rings (SSSR count). The summed E-state index contributed by atoms with van der Waals surface area (Å²) < 4.78 is 0. The van der Waals surface area contributed by atoms with Crippen molar-refractivity contribution in [2.45, 2.75) is 46.0 Å². The van der Waals surface area contributed by atoms with E-state index in [2.05, 4.69) is 26.2 Å². The highest BCUT2D eigenvalue weighted by atomic mass is 28.3. The Labute approximate surface area is 94.1 Å². The summed E-state index contributed by atoms with van der Waals surface area (Å²) >= 11 is 0. The van der Waals surface area contributed by atoms with Gasteiger partial charge < -0.3 is 0 Å². The summed E-state index contributed by atoms with van der Waals surface area (Å²) in [5.74, 6) is -0.0617. The first kappa shape index (κ1) is 14.4. The number of amides is 1. The van der Waals surface area contributed by atoms with Crippen molar-refractivity contribution in [3.05, 3.63) is 11.8 Å². The summed E-state index contributed by atoms with van der Waals surface area (Å²) in [5.41, 5.74) is 0. The number of hydrogen-bond donors (Lipinski definition) is 0. The first-order valence-corrected chi connectivity index (χ1v) is 8.72. The predicted octanol–water partition coefficient (Wildman–Crippen LogP) is 2.61. The average molecular weight is 229 g/mol. The number of hydrogen-bond acceptors (Lipinski definition) is 2. The molecule has 0 heterocycles. The lowest BCUT2D eigenvalue weighted by molar-refractivity contribution is -0.183. The quantitative estimate of drug-likeness (QED) is 0.536. The van der Waals surface area contributed by atoms with Crippen LogP contribution in [0.1, 0.15) is 20.3 Å². The van der Waals surface area contributed by atoms with Crippen molar-refractivity contribution in [2.75, 3.05) is 7.11 Å². The summed E-state index contributed by atoms with van der Waals surface area (Å²) in [6.07, 6.45) is 0.823. The third kappa shape index (κ3) is 4.62. The van der Waals surface area contributed by atoms with Gasteiger partial charge in [0, 0.05) is 6.92 Å². The molecule has 1 atom stereocenters. The van der Waals surface area contributed by atoms with Crippen LogP contribution in [-0.2, 0) is 9.63 Å². The summed E-state index contributed by atoms with van der Waals surface area (Å²) in [7, 11) is 0.218. The van der Waals surface area contributed by atoms with Gasteiger partial charge in [-0.25, -0.2) is 5.06 Å². The molecule has 0 aliphatic rings. The fraction of sp³-hybridized carbons (Fsp3) is 0.727. The molecule has 0 saturated heterocycles. The maximum atomic E-state index is 11.2. The van der Waals surface area contributed by atoms with E-state index in [1.54, 1.807) is 0 Å². The van der Waals surface area contributed by atoms with Gasteiger partial charge in [-0.1, -0.05) is 24.8 Å². The number of carbonyl (C=O) groups is 1. The zero-order valence-electron chi connectivity index (χ0n) is 10.8. The molecule has 0 aromatic heterocycles. The van der Waals surface area contributed by atoms with Gasteiger partial charge in [0.1, 0.15) is 0 Å². The van der Waals surface area contributed by atoms with Crippen molar-refractivity contribution in [3.8, 4) is 0 Å². The van der Waals surface area contributed by atoms with Crippen LogP contribution in [0.3, 0.4) is 0 Å². The Hall–Kier alpha value is -0.613.